The molecule has 0 saturated carbocycles. The molecule has 0 spiro atoms. The Kier molecular flexibility index (Phi) is 4.68. The molecule has 92 valence electrons. The topological polar surface area (TPSA) is 29.1 Å². The second kappa shape index (κ2) is 6.72. The molecule has 0 aliphatic heterocycles. The molecule has 0 amide bonds. The SMILES string of the molecule is O=C(CNCc1ccccc1)Cc1ccccc1. The number of nitrogens with one attached hydrogen (secondary N) is 1. The van der Waals surface area contributed by atoms with Crippen molar-refractivity contribution in [3.63, 3.8) is 0 Å². The molecule has 0 saturated heterocycles. The van der Waals surface area contributed by atoms with E-state index in [2.05, 4.69) is 17.4 Å². The summed E-state index contributed by atoms with van der Waals surface area (Å²) in [6.07, 6.45) is 0.503. The fourth-order valence-electron chi connectivity index (χ4n) is 1.83. The van der Waals surface area contributed by atoms with Crippen LogP contribution in [0, 0.1) is 0 Å². The summed E-state index contributed by atoms with van der Waals surface area (Å²) < 4.78 is 0. The Labute approximate surface area is 108 Å². The largest absolute Gasteiger partial charge is 0.306 e. The predicted octanol–water partition coefficient (Wildman–Crippen LogP) is 2.59. The number of carbonyl (C=O) groups excluding carboxylic acids is 1. The molecule has 2 nitrogen and oxygen atoms in total. The minimum absolute atomic E-state index is 0.220. The highest BCUT2D eigenvalue weighted by molar-refractivity contribution is 5.82. The molecule has 18 heavy (non-hydrogen) atoms. The van der Waals surface area contributed by atoms with E-state index in [-0.39, 0.29) is 5.78 Å². The van der Waals surface area contributed by atoms with Crippen molar-refractivity contribution in [2.45, 2.75) is 13.0 Å². The van der Waals surface area contributed by atoms with Gasteiger partial charge in [0.05, 0.1) is 6.54 Å². The van der Waals surface area contributed by atoms with Crippen molar-refractivity contribution in [3.05, 3.63) is 71.8 Å². The summed E-state index contributed by atoms with van der Waals surface area (Å²) in [6.45, 7) is 1.16. The number of carbonyl (C=O) groups is 1. The first-order chi connectivity index (χ1) is 8.84. The summed E-state index contributed by atoms with van der Waals surface area (Å²) in [7, 11) is 0. The van der Waals surface area contributed by atoms with E-state index in [1.807, 2.05) is 48.5 Å². The van der Waals surface area contributed by atoms with Gasteiger partial charge in [-0.25, -0.2) is 0 Å². The molecule has 0 bridgehead atoms. The molecule has 0 fully saturated rings. The summed E-state index contributed by atoms with van der Waals surface area (Å²) in [6, 6.07) is 19.9. The standard InChI is InChI=1S/C16H17NO/c18-16(11-14-7-3-1-4-8-14)13-17-12-15-9-5-2-6-10-15/h1-10,17H,11-13H2. The van der Waals surface area contributed by atoms with E-state index in [1.165, 1.54) is 5.56 Å². The van der Waals surface area contributed by atoms with Gasteiger partial charge in [0.15, 0.2) is 5.78 Å². The van der Waals surface area contributed by atoms with Crippen molar-refractivity contribution in [2.75, 3.05) is 6.54 Å². The highest BCUT2D eigenvalue weighted by Crippen LogP contribution is 2.00. The minimum atomic E-state index is 0.220. The molecule has 2 aromatic rings. The molecule has 0 aliphatic rings. The van der Waals surface area contributed by atoms with Gasteiger partial charge < -0.3 is 5.32 Å². The van der Waals surface area contributed by atoms with E-state index in [9.17, 15) is 4.79 Å². The highest BCUT2D eigenvalue weighted by Gasteiger charge is 2.02. The molecule has 0 radical (unpaired) electrons. The number of Topliss-reactive ketones (excluding diaryl/α,β-unsaturated/α-hetero) is 1. The van der Waals surface area contributed by atoms with Gasteiger partial charge in [0.1, 0.15) is 0 Å². The van der Waals surface area contributed by atoms with Crippen LogP contribution in [0.3, 0.4) is 0 Å². The molecule has 1 N–H and O–H groups in total. The van der Waals surface area contributed by atoms with E-state index in [4.69, 9.17) is 0 Å². The number of ketones is 1. The van der Waals surface area contributed by atoms with Gasteiger partial charge in [0.25, 0.3) is 0 Å². The maximum absolute atomic E-state index is 11.7. The molecule has 0 atom stereocenters. The van der Waals surface area contributed by atoms with Crippen LogP contribution in [0.4, 0.5) is 0 Å². The van der Waals surface area contributed by atoms with Gasteiger partial charge >= 0.3 is 0 Å². The van der Waals surface area contributed by atoms with Crippen molar-refractivity contribution in [3.8, 4) is 0 Å². The maximum atomic E-state index is 11.7. The van der Waals surface area contributed by atoms with Gasteiger partial charge in [-0.15, -0.1) is 0 Å². The van der Waals surface area contributed by atoms with Crippen molar-refractivity contribution in [1.82, 2.24) is 5.32 Å². The van der Waals surface area contributed by atoms with Crippen molar-refractivity contribution in [2.24, 2.45) is 0 Å². The summed E-state index contributed by atoms with van der Waals surface area (Å²) in [5.74, 6) is 0.220. The van der Waals surface area contributed by atoms with E-state index in [0.717, 1.165) is 12.1 Å². The minimum Gasteiger partial charge on any atom is -0.306 e. The van der Waals surface area contributed by atoms with Crippen LogP contribution in [-0.4, -0.2) is 12.3 Å². The van der Waals surface area contributed by atoms with Crippen LogP contribution >= 0.6 is 0 Å². The van der Waals surface area contributed by atoms with Gasteiger partial charge in [0, 0.05) is 13.0 Å². The van der Waals surface area contributed by atoms with E-state index in [1.54, 1.807) is 0 Å². The fourth-order valence-corrected chi connectivity index (χ4v) is 1.83. The first-order valence-corrected chi connectivity index (χ1v) is 6.15. The third-order valence-corrected chi connectivity index (χ3v) is 2.74. The zero-order chi connectivity index (χ0) is 12.6. The second-order valence-electron chi connectivity index (χ2n) is 4.29. The van der Waals surface area contributed by atoms with Crippen LogP contribution in [0.25, 0.3) is 0 Å². The average Bonchev–Trinajstić information content (AvgIpc) is 2.41. The van der Waals surface area contributed by atoms with Crippen LogP contribution in [-0.2, 0) is 17.8 Å². The van der Waals surface area contributed by atoms with E-state index < -0.39 is 0 Å². The lowest BCUT2D eigenvalue weighted by Crippen LogP contribution is -2.23. The number of hydrogen-bond acceptors (Lipinski definition) is 2. The zero-order valence-corrected chi connectivity index (χ0v) is 10.3. The molecular formula is C16H17NO. The van der Waals surface area contributed by atoms with Crippen LogP contribution in [0.15, 0.2) is 60.7 Å². The Morgan fingerprint density at radius 2 is 1.39 bits per heavy atom. The van der Waals surface area contributed by atoms with Gasteiger partial charge in [0.2, 0.25) is 0 Å². The smallest absolute Gasteiger partial charge is 0.150 e. The maximum Gasteiger partial charge on any atom is 0.150 e. The predicted molar refractivity (Wildman–Crippen MR) is 73.3 cm³/mol. The van der Waals surface area contributed by atoms with Crippen LogP contribution < -0.4 is 5.32 Å². The molecule has 0 unspecified atom stereocenters. The van der Waals surface area contributed by atoms with Gasteiger partial charge in [-0.1, -0.05) is 60.7 Å². The lowest BCUT2D eigenvalue weighted by Gasteiger charge is -2.04. The Balaban J connectivity index is 1.73. The number of benzene rings is 2. The van der Waals surface area contributed by atoms with Crippen molar-refractivity contribution < 1.29 is 4.79 Å². The molecule has 0 aliphatic carbocycles. The van der Waals surface area contributed by atoms with Gasteiger partial charge in [-0.2, -0.15) is 0 Å². The molecule has 2 aromatic carbocycles. The monoisotopic (exact) mass is 239 g/mol. The Morgan fingerprint density at radius 1 is 0.833 bits per heavy atom. The van der Waals surface area contributed by atoms with E-state index in [0.29, 0.717) is 13.0 Å². The van der Waals surface area contributed by atoms with Gasteiger partial charge in [-0.05, 0) is 11.1 Å². The summed E-state index contributed by atoms with van der Waals surface area (Å²) in [5.41, 5.74) is 2.27. The summed E-state index contributed by atoms with van der Waals surface area (Å²) >= 11 is 0. The number of hydrogen-bond donors (Lipinski definition) is 1. The molecule has 2 heteroatoms. The molecule has 2 rings (SSSR count). The quantitative estimate of drug-likeness (QED) is 0.839. The normalized spacial score (nSPS) is 10.2. The average molecular weight is 239 g/mol. The zero-order valence-electron chi connectivity index (χ0n) is 10.3. The first-order valence-electron chi connectivity index (χ1n) is 6.15. The van der Waals surface area contributed by atoms with Gasteiger partial charge in [-0.3, -0.25) is 4.79 Å². The third kappa shape index (κ3) is 4.15. The Bertz CT molecular complexity index is 479. The van der Waals surface area contributed by atoms with Crippen molar-refractivity contribution in [1.29, 1.82) is 0 Å². The lowest BCUT2D eigenvalue weighted by atomic mass is 10.1. The van der Waals surface area contributed by atoms with Crippen LogP contribution in [0.5, 0.6) is 0 Å². The summed E-state index contributed by atoms with van der Waals surface area (Å²) in [4.78, 5) is 11.7. The Hall–Kier alpha value is -1.93. The summed E-state index contributed by atoms with van der Waals surface area (Å²) in [5, 5.41) is 3.17. The first kappa shape index (κ1) is 12.5. The third-order valence-electron chi connectivity index (χ3n) is 2.74. The van der Waals surface area contributed by atoms with Crippen molar-refractivity contribution >= 4 is 5.78 Å². The van der Waals surface area contributed by atoms with Crippen LogP contribution in [0.2, 0.25) is 0 Å². The molecule has 0 heterocycles. The molecule has 0 aromatic heterocycles. The Morgan fingerprint density at radius 3 is 2.00 bits per heavy atom. The molecular weight excluding hydrogens is 222 g/mol. The van der Waals surface area contributed by atoms with E-state index >= 15 is 0 Å². The highest BCUT2D eigenvalue weighted by atomic mass is 16.1. The lowest BCUT2D eigenvalue weighted by molar-refractivity contribution is -0.117. The fraction of sp³-hybridized carbons (Fsp3) is 0.188. The second-order valence-corrected chi connectivity index (χ2v) is 4.29. The number of rotatable bonds is 6. The van der Waals surface area contributed by atoms with Crippen LogP contribution in [0.1, 0.15) is 11.1 Å².